The van der Waals surface area contributed by atoms with Gasteiger partial charge in [0.05, 0.1) is 49.5 Å². The van der Waals surface area contributed by atoms with Gasteiger partial charge >= 0.3 is 0 Å². The molecule has 0 saturated carbocycles. The van der Waals surface area contributed by atoms with Crippen molar-refractivity contribution in [1.29, 1.82) is 0 Å². The number of aliphatic hydroxyl groups excluding tert-OH is 1. The highest BCUT2D eigenvalue weighted by atomic mass is 32.2. The maximum atomic E-state index is 13.5. The van der Waals surface area contributed by atoms with Crippen molar-refractivity contribution in [2.75, 3.05) is 72.3 Å². The first-order valence-corrected chi connectivity index (χ1v) is 15.2. The molecule has 12 heteroatoms. The normalized spacial score (nSPS) is 22.3. The number of amides is 1. The second-order valence-corrected chi connectivity index (χ2v) is 11.9. The van der Waals surface area contributed by atoms with E-state index in [9.17, 15) is 23.1 Å². The van der Waals surface area contributed by atoms with Crippen LogP contribution >= 0.6 is 0 Å². The third-order valence-corrected chi connectivity index (χ3v) is 9.42. The highest BCUT2D eigenvalue weighted by Gasteiger charge is 2.46. The third kappa shape index (κ3) is 6.16. The molecule has 0 aromatic heterocycles. The third-order valence-electron chi connectivity index (χ3n) is 7.52. The quantitative estimate of drug-likeness (QED) is 0.267. The maximum Gasteiger partial charge on any atom is 0.295 e. The lowest BCUT2D eigenvalue weighted by Gasteiger charge is -2.31. The standard InChI is InChI=1S/C29H35N3O8S/c1-2-40-23-8-6-21(7-9-23)26-25(28(34)29(35)32(26)11-10-30-12-16-38-17-13-30)27(33)22-4-3-5-24(20-22)41(36,37)31-14-18-39-19-15-31/h3-9,20,26,33H,2,10-19H2,1H3/b27-25+. The zero-order valence-corrected chi connectivity index (χ0v) is 23.8. The molecule has 3 heterocycles. The number of sulfonamides is 1. The first kappa shape index (κ1) is 29.2. The van der Waals surface area contributed by atoms with Crippen LogP contribution < -0.4 is 4.74 Å². The average Bonchev–Trinajstić information content (AvgIpc) is 3.26. The number of rotatable bonds is 9. The Bertz CT molecular complexity index is 1400. The molecule has 0 spiro atoms. The Morgan fingerprint density at radius 1 is 0.951 bits per heavy atom. The number of nitrogens with zero attached hydrogens (tertiary/aromatic N) is 3. The number of Topliss-reactive ketones (excluding diaryl/α,β-unsaturated/α-hetero) is 1. The van der Waals surface area contributed by atoms with Gasteiger partial charge in [-0.3, -0.25) is 14.5 Å². The van der Waals surface area contributed by atoms with E-state index in [1.807, 2.05) is 6.92 Å². The van der Waals surface area contributed by atoms with Gasteiger partial charge in [-0.05, 0) is 36.8 Å². The van der Waals surface area contributed by atoms with Crippen LogP contribution in [0.1, 0.15) is 24.1 Å². The largest absolute Gasteiger partial charge is 0.507 e. The average molecular weight is 586 g/mol. The first-order chi connectivity index (χ1) is 19.8. The Hall–Kier alpha value is -3.29. The summed E-state index contributed by atoms with van der Waals surface area (Å²) in [6, 6.07) is 12.1. The Balaban J connectivity index is 1.52. The van der Waals surface area contributed by atoms with Gasteiger partial charge in [0.1, 0.15) is 11.5 Å². The Labute approximate surface area is 239 Å². The fourth-order valence-electron chi connectivity index (χ4n) is 5.34. The van der Waals surface area contributed by atoms with Crippen LogP contribution in [0.5, 0.6) is 5.75 Å². The second kappa shape index (κ2) is 12.7. The predicted molar refractivity (Wildman–Crippen MR) is 150 cm³/mol. The molecular formula is C29H35N3O8S. The van der Waals surface area contributed by atoms with Gasteiger partial charge in [0.15, 0.2) is 0 Å². The van der Waals surface area contributed by atoms with Gasteiger partial charge in [-0.15, -0.1) is 0 Å². The van der Waals surface area contributed by atoms with Crippen LogP contribution in [0.2, 0.25) is 0 Å². The van der Waals surface area contributed by atoms with Gasteiger partial charge in [-0.2, -0.15) is 4.31 Å². The molecule has 5 rings (SSSR count). The lowest BCUT2D eigenvalue weighted by molar-refractivity contribution is -0.140. The summed E-state index contributed by atoms with van der Waals surface area (Å²) in [5, 5.41) is 11.5. The van der Waals surface area contributed by atoms with E-state index in [1.165, 1.54) is 33.5 Å². The Kier molecular flexibility index (Phi) is 9.05. The van der Waals surface area contributed by atoms with E-state index in [1.54, 1.807) is 24.3 Å². The second-order valence-electron chi connectivity index (χ2n) is 9.99. The van der Waals surface area contributed by atoms with Crippen molar-refractivity contribution in [2.24, 2.45) is 0 Å². The Morgan fingerprint density at radius 2 is 1.61 bits per heavy atom. The molecule has 41 heavy (non-hydrogen) atoms. The number of hydrogen-bond acceptors (Lipinski definition) is 9. The molecular weight excluding hydrogens is 550 g/mol. The smallest absolute Gasteiger partial charge is 0.295 e. The molecule has 2 aromatic carbocycles. The van der Waals surface area contributed by atoms with Crippen molar-refractivity contribution in [3.8, 4) is 5.75 Å². The predicted octanol–water partition coefficient (Wildman–Crippen LogP) is 1.86. The topological polar surface area (TPSA) is 126 Å². The monoisotopic (exact) mass is 585 g/mol. The van der Waals surface area contributed by atoms with E-state index in [0.29, 0.717) is 50.9 Å². The van der Waals surface area contributed by atoms with Crippen LogP contribution in [0, 0.1) is 0 Å². The van der Waals surface area contributed by atoms with E-state index < -0.39 is 33.5 Å². The van der Waals surface area contributed by atoms with Crippen molar-refractivity contribution in [3.63, 3.8) is 0 Å². The number of carbonyl (C=O) groups excluding carboxylic acids is 2. The summed E-state index contributed by atoms with van der Waals surface area (Å²) >= 11 is 0. The fourth-order valence-corrected chi connectivity index (χ4v) is 6.79. The zero-order chi connectivity index (χ0) is 29.0. The van der Waals surface area contributed by atoms with Crippen LogP contribution in [0.3, 0.4) is 0 Å². The van der Waals surface area contributed by atoms with Crippen LogP contribution in [-0.4, -0.2) is 112 Å². The highest BCUT2D eigenvalue weighted by molar-refractivity contribution is 7.89. The van der Waals surface area contributed by atoms with Gasteiger partial charge in [0, 0.05) is 44.8 Å². The van der Waals surface area contributed by atoms with Gasteiger partial charge in [0.25, 0.3) is 11.7 Å². The molecule has 0 radical (unpaired) electrons. The molecule has 1 N–H and O–H groups in total. The van der Waals surface area contributed by atoms with Crippen LogP contribution in [0.25, 0.3) is 5.76 Å². The minimum atomic E-state index is -3.85. The summed E-state index contributed by atoms with van der Waals surface area (Å²) < 4.78 is 44.1. The number of likely N-dealkylation sites (tertiary alicyclic amines) is 1. The molecule has 2 aromatic rings. The number of carbonyl (C=O) groups is 2. The number of ketones is 1. The maximum absolute atomic E-state index is 13.5. The van der Waals surface area contributed by atoms with E-state index in [4.69, 9.17) is 14.2 Å². The SMILES string of the molecule is CCOc1ccc(C2/C(=C(\O)c3cccc(S(=O)(=O)N4CCOCC4)c3)C(=O)C(=O)N2CCN2CCOCC2)cc1. The lowest BCUT2D eigenvalue weighted by Crippen LogP contribution is -2.42. The van der Waals surface area contributed by atoms with Crippen LogP contribution in [-0.2, 0) is 29.1 Å². The molecule has 0 aliphatic carbocycles. The van der Waals surface area contributed by atoms with Crippen molar-refractivity contribution >= 4 is 27.5 Å². The van der Waals surface area contributed by atoms with E-state index in [2.05, 4.69) is 4.90 Å². The van der Waals surface area contributed by atoms with Gasteiger partial charge < -0.3 is 24.2 Å². The first-order valence-electron chi connectivity index (χ1n) is 13.8. The number of aliphatic hydroxyl groups is 1. The zero-order valence-electron chi connectivity index (χ0n) is 23.0. The summed E-state index contributed by atoms with van der Waals surface area (Å²) in [5.41, 5.74) is 0.691. The summed E-state index contributed by atoms with van der Waals surface area (Å²) in [5.74, 6) is -1.31. The van der Waals surface area contributed by atoms with Crippen molar-refractivity contribution < 1.29 is 37.3 Å². The van der Waals surface area contributed by atoms with E-state index >= 15 is 0 Å². The van der Waals surface area contributed by atoms with Crippen LogP contribution in [0.15, 0.2) is 59.0 Å². The summed E-state index contributed by atoms with van der Waals surface area (Å²) in [6.07, 6.45) is 0. The molecule has 3 saturated heterocycles. The number of benzene rings is 2. The van der Waals surface area contributed by atoms with E-state index in [0.717, 1.165) is 13.1 Å². The van der Waals surface area contributed by atoms with Gasteiger partial charge in [0.2, 0.25) is 10.0 Å². The summed E-state index contributed by atoms with van der Waals surface area (Å²) in [7, 11) is -3.85. The Morgan fingerprint density at radius 3 is 2.27 bits per heavy atom. The fraction of sp³-hybridized carbons (Fsp3) is 0.448. The van der Waals surface area contributed by atoms with Crippen molar-refractivity contribution in [2.45, 2.75) is 17.9 Å². The molecule has 3 aliphatic rings. The minimum absolute atomic E-state index is 0.0115. The summed E-state index contributed by atoms with van der Waals surface area (Å²) in [6.45, 7) is 6.88. The molecule has 1 atom stereocenters. The number of morpholine rings is 2. The van der Waals surface area contributed by atoms with Crippen molar-refractivity contribution in [1.82, 2.24) is 14.1 Å². The highest BCUT2D eigenvalue weighted by Crippen LogP contribution is 2.40. The van der Waals surface area contributed by atoms with Crippen LogP contribution in [0.4, 0.5) is 0 Å². The summed E-state index contributed by atoms with van der Waals surface area (Å²) in [4.78, 5) is 30.4. The van der Waals surface area contributed by atoms with Gasteiger partial charge in [-0.1, -0.05) is 24.3 Å². The van der Waals surface area contributed by atoms with E-state index in [-0.39, 0.29) is 35.7 Å². The molecule has 0 bridgehead atoms. The number of ether oxygens (including phenoxy) is 3. The molecule has 3 fully saturated rings. The van der Waals surface area contributed by atoms with Crippen molar-refractivity contribution in [3.05, 3.63) is 65.2 Å². The molecule has 11 nitrogen and oxygen atoms in total. The van der Waals surface area contributed by atoms with Gasteiger partial charge in [-0.25, -0.2) is 8.42 Å². The minimum Gasteiger partial charge on any atom is -0.507 e. The lowest BCUT2D eigenvalue weighted by atomic mass is 9.95. The molecule has 3 aliphatic heterocycles. The molecule has 1 amide bonds. The molecule has 220 valence electrons. The number of hydrogen-bond donors (Lipinski definition) is 1. The molecule has 1 unspecified atom stereocenters.